The number of para-hydroxylation sites is 2. The third-order valence-corrected chi connectivity index (χ3v) is 4.96. The first kappa shape index (κ1) is 15.7. The van der Waals surface area contributed by atoms with Crippen LogP contribution in [0.5, 0.6) is 0 Å². The number of carbonyl (C=O) groups excluding carboxylic acids is 2. The van der Waals surface area contributed by atoms with Crippen LogP contribution in [-0.2, 0) is 0 Å². The molecule has 3 heterocycles. The third-order valence-electron chi connectivity index (χ3n) is 4.96. The van der Waals surface area contributed by atoms with Crippen molar-refractivity contribution in [2.24, 2.45) is 0 Å². The van der Waals surface area contributed by atoms with E-state index in [0.29, 0.717) is 43.5 Å². The number of hydrogen-bond acceptors (Lipinski definition) is 7. The van der Waals surface area contributed by atoms with Crippen molar-refractivity contribution >= 4 is 28.7 Å². The van der Waals surface area contributed by atoms with Crippen LogP contribution in [0.15, 0.2) is 58.8 Å². The average Bonchev–Trinajstić information content (AvgIpc) is 3.15. The number of pyridine rings is 1. The van der Waals surface area contributed by atoms with Gasteiger partial charge in [0.05, 0.1) is 11.3 Å². The Balaban J connectivity index is 1.35. The van der Waals surface area contributed by atoms with Crippen molar-refractivity contribution in [1.82, 2.24) is 14.9 Å². The largest absolute Gasteiger partial charge is 0.423 e. The number of Topliss-reactive ketones (excluding diaryl/α,β-unsaturated/α-hetero) is 1. The van der Waals surface area contributed by atoms with E-state index in [1.807, 2.05) is 29.2 Å². The highest BCUT2D eigenvalue weighted by atomic mass is 16.4. The second-order valence-electron chi connectivity index (χ2n) is 6.56. The fraction of sp³-hybridized carbons (Fsp3) is 0.200. The summed E-state index contributed by atoms with van der Waals surface area (Å²) in [5.74, 6) is -0.366. The molecule has 2 aliphatic rings. The van der Waals surface area contributed by atoms with Crippen LogP contribution in [0.25, 0.3) is 11.1 Å². The van der Waals surface area contributed by atoms with Gasteiger partial charge < -0.3 is 14.2 Å². The monoisotopic (exact) mass is 360 g/mol. The number of rotatable bonds is 2. The summed E-state index contributed by atoms with van der Waals surface area (Å²) < 4.78 is 5.83. The number of carbonyl (C=O) groups is 2. The van der Waals surface area contributed by atoms with Crippen LogP contribution in [0.1, 0.15) is 20.8 Å². The van der Waals surface area contributed by atoms with Gasteiger partial charge in [0, 0.05) is 38.5 Å². The number of allylic oxidation sites excluding steroid dienone is 2. The molecule has 1 aliphatic heterocycles. The molecule has 0 spiro atoms. The van der Waals surface area contributed by atoms with Crippen molar-refractivity contribution in [2.75, 3.05) is 31.1 Å². The van der Waals surface area contributed by atoms with Crippen LogP contribution in [0.3, 0.4) is 0 Å². The van der Waals surface area contributed by atoms with Gasteiger partial charge in [0.2, 0.25) is 11.6 Å². The Kier molecular flexibility index (Phi) is 3.53. The molecule has 0 amide bonds. The Morgan fingerprint density at radius 2 is 1.70 bits per heavy atom. The zero-order valence-corrected chi connectivity index (χ0v) is 14.5. The number of ketones is 2. The van der Waals surface area contributed by atoms with E-state index >= 15 is 0 Å². The Bertz CT molecular complexity index is 1060. The number of anilines is 1. The fourth-order valence-corrected chi connectivity index (χ4v) is 3.55. The Hall–Kier alpha value is -3.48. The zero-order chi connectivity index (χ0) is 18.4. The average molecular weight is 360 g/mol. The van der Waals surface area contributed by atoms with E-state index in [4.69, 9.17) is 4.42 Å². The van der Waals surface area contributed by atoms with Gasteiger partial charge in [-0.3, -0.25) is 14.6 Å². The van der Waals surface area contributed by atoms with Crippen molar-refractivity contribution < 1.29 is 14.0 Å². The molecule has 27 heavy (non-hydrogen) atoms. The quantitative estimate of drug-likeness (QED) is 0.694. The highest BCUT2D eigenvalue weighted by Gasteiger charge is 2.31. The van der Waals surface area contributed by atoms with Crippen LogP contribution in [-0.4, -0.2) is 52.6 Å². The Morgan fingerprint density at radius 1 is 0.926 bits per heavy atom. The molecule has 7 nitrogen and oxygen atoms in total. The van der Waals surface area contributed by atoms with Crippen molar-refractivity contribution in [1.29, 1.82) is 0 Å². The number of benzene rings is 1. The Labute approximate surface area is 154 Å². The molecule has 1 saturated heterocycles. The molecule has 0 N–H and O–H groups in total. The van der Waals surface area contributed by atoms with E-state index < -0.39 is 0 Å². The van der Waals surface area contributed by atoms with Gasteiger partial charge in [-0.05, 0) is 24.3 Å². The summed E-state index contributed by atoms with van der Waals surface area (Å²) in [6.07, 6.45) is 2.94. The van der Waals surface area contributed by atoms with Gasteiger partial charge in [0.25, 0.3) is 6.01 Å². The molecule has 7 heteroatoms. The molecule has 0 radical (unpaired) electrons. The van der Waals surface area contributed by atoms with Crippen molar-refractivity contribution in [3.63, 3.8) is 0 Å². The lowest BCUT2D eigenvalue weighted by atomic mass is 9.96. The summed E-state index contributed by atoms with van der Waals surface area (Å²) >= 11 is 0. The molecule has 0 atom stereocenters. The predicted octanol–water partition coefficient (Wildman–Crippen LogP) is 2.31. The lowest BCUT2D eigenvalue weighted by molar-refractivity contribution is 0.0945. The van der Waals surface area contributed by atoms with E-state index in [1.165, 1.54) is 12.3 Å². The Morgan fingerprint density at radius 3 is 2.52 bits per heavy atom. The van der Waals surface area contributed by atoms with Crippen molar-refractivity contribution in [2.45, 2.75) is 0 Å². The summed E-state index contributed by atoms with van der Waals surface area (Å²) in [5, 5.41) is 0. The molecule has 2 aromatic heterocycles. The van der Waals surface area contributed by atoms with E-state index in [9.17, 15) is 9.59 Å². The van der Waals surface area contributed by atoms with Gasteiger partial charge in [-0.1, -0.05) is 12.1 Å². The summed E-state index contributed by atoms with van der Waals surface area (Å²) in [6.45, 7) is 2.54. The van der Waals surface area contributed by atoms with E-state index in [2.05, 4.69) is 14.9 Å². The van der Waals surface area contributed by atoms with Crippen LogP contribution in [0, 0.1) is 0 Å². The van der Waals surface area contributed by atoms with E-state index in [0.717, 1.165) is 11.1 Å². The maximum Gasteiger partial charge on any atom is 0.298 e. The normalized spacial score (nSPS) is 17.3. The number of hydrogen-bond donors (Lipinski definition) is 0. The minimum atomic E-state index is -0.221. The minimum Gasteiger partial charge on any atom is -0.423 e. The molecule has 0 bridgehead atoms. The summed E-state index contributed by atoms with van der Waals surface area (Å²) in [5.41, 5.74) is 2.64. The van der Waals surface area contributed by atoms with Gasteiger partial charge in [0.1, 0.15) is 11.2 Å². The SMILES string of the molecule is O=C1C(N2CCN(c3nc4ccccc4o3)CC2)=CC(=O)c2ncccc21. The maximum atomic E-state index is 12.8. The summed E-state index contributed by atoms with van der Waals surface area (Å²) in [6, 6.07) is 11.6. The molecule has 134 valence electrons. The van der Waals surface area contributed by atoms with Gasteiger partial charge >= 0.3 is 0 Å². The number of aromatic nitrogens is 2. The third kappa shape index (κ3) is 2.59. The second-order valence-corrected chi connectivity index (χ2v) is 6.56. The van der Waals surface area contributed by atoms with E-state index in [1.54, 1.807) is 12.1 Å². The molecular weight excluding hydrogens is 344 g/mol. The standard InChI is InChI=1S/C20H16N4O3/c25-16-12-15(19(26)13-4-3-7-21-18(13)16)23-8-10-24(11-9-23)20-22-14-5-1-2-6-17(14)27-20/h1-7,12H,8-11H2. The maximum absolute atomic E-state index is 12.8. The molecular formula is C20H16N4O3. The van der Waals surface area contributed by atoms with Crippen LogP contribution >= 0.6 is 0 Å². The lowest BCUT2D eigenvalue weighted by Crippen LogP contribution is -2.47. The number of fused-ring (bicyclic) bond motifs is 2. The zero-order valence-electron chi connectivity index (χ0n) is 14.5. The first-order valence-electron chi connectivity index (χ1n) is 8.82. The first-order chi connectivity index (χ1) is 13.2. The molecule has 3 aromatic rings. The number of oxazole rings is 1. The minimum absolute atomic E-state index is 0.145. The molecule has 5 rings (SSSR count). The van der Waals surface area contributed by atoms with Crippen LogP contribution in [0.4, 0.5) is 6.01 Å². The molecule has 1 fully saturated rings. The van der Waals surface area contributed by atoms with Crippen molar-refractivity contribution in [3.8, 4) is 0 Å². The predicted molar refractivity (Wildman–Crippen MR) is 98.8 cm³/mol. The molecule has 0 saturated carbocycles. The summed E-state index contributed by atoms with van der Waals surface area (Å²) in [4.78, 5) is 37.7. The number of nitrogens with zero attached hydrogens (tertiary/aromatic N) is 4. The van der Waals surface area contributed by atoms with Gasteiger partial charge in [-0.2, -0.15) is 4.98 Å². The van der Waals surface area contributed by atoms with Crippen LogP contribution in [0.2, 0.25) is 0 Å². The highest BCUT2D eigenvalue weighted by Crippen LogP contribution is 2.26. The smallest absolute Gasteiger partial charge is 0.298 e. The van der Waals surface area contributed by atoms with Gasteiger partial charge in [-0.15, -0.1) is 0 Å². The molecule has 0 unspecified atom stereocenters. The fourth-order valence-electron chi connectivity index (χ4n) is 3.55. The lowest BCUT2D eigenvalue weighted by Gasteiger charge is -2.36. The van der Waals surface area contributed by atoms with E-state index in [-0.39, 0.29) is 17.3 Å². The molecule has 1 aromatic carbocycles. The van der Waals surface area contributed by atoms with Gasteiger partial charge in [0.15, 0.2) is 5.58 Å². The second kappa shape index (κ2) is 6.05. The first-order valence-corrected chi connectivity index (χ1v) is 8.82. The number of piperazine rings is 1. The van der Waals surface area contributed by atoms with Crippen molar-refractivity contribution in [3.05, 3.63) is 65.6 Å². The topological polar surface area (TPSA) is 79.5 Å². The van der Waals surface area contributed by atoms with Gasteiger partial charge in [-0.25, -0.2) is 0 Å². The molecule has 1 aliphatic carbocycles. The van der Waals surface area contributed by atoms with Crippen LogP contribution < -0.4 is 4.90 Å². The summed E-state index contributed by atoms with van der Waals surface area (Å²) in [7, 11) is 0. The highest BCUT2D eigenvalue weighted by molar-refractivity contribution is 6.23.